The Morgan fingerprint density at radius 3 is 1.09 bits per heavy atom. The molecular weight excluding hydrogens is 408 g/mol. The predicted octanol–water partition coefficient (Wildman–Crippen LogP) is 8.84. The van der Waals surface area contributed by atoms with Gasteiger partial charge in [0.1, 0.15) is 0 Å². The maximum Gasteiger partial charge on any atom is 0.0576 e. The van der Waals surface area contributed by atoms with Crippen LogP contribution in [-0.2, 0) is 4.74 Å². The number of aliphatic hydroxyl groups excluding tert-OH is 2. The molecule has 0 aliphatic heterocycles. The van der Waals surface area contributed by atoms with Crippen molar-refractivity contribution in [2.45, 2.75) is 182 Å². The van der Waals surface area contributed by atoms with E-state index in [1.165, 1.54) is 77.0 Å². The van der Waals surface area contributed by atoms with Crippen LogP contribution in [0.25, 0.3) is 0 Å². The molecule has 6 atom stereocenters. The molecule has 0 aromatic rings. The summed E-state index contributed by atoms with van der Waals surface area (Å²) in [5.41, 5.74) is 0. The fraction of sp³-hybridized carbons (Fsp3) is 1.00. The average molecular weight is 471 g/mol. The first kappa shape index (κ1) is 32.9. The van der Waals surface area contributed by atoms with Gasteiger partial charge in [-0.3, -0.25) is 0 Å². The van der Waals surface area contributed by atoms with Gasteiger partial charge in [-0.1, -0.05) is 105 Å². The Hall–Kier alpha value is -0.120. The highest BCUT2D eigenvalue weighted by Gasteiger charge is 2.19. The van der Waals surface area contributed by atoms with Crippen LogP contribution in [-0.4, -0.2) is 34.6 Å². The Morgan fingerprint density at radius 2 is 0.758 bits per heavy atom. The van der Waals surface area contributed by atoms with Gasteiger partial charge in [-0.2, -0.15) is 0 Å². The normalized spacial score (nSPS) is 17.5. The van der Waals surface area contributed by atoms with Gasteiger partial charge in [0.15, 0.2) is 0 Å². The molecule has 0 fully saturated rings. The minimum absolute atomic E-state index is 0.0762. The average Bonchev–Trinajstić information content (AvgIpc) is 2.77. The first-order chi connectivity index (χ1) is 15.8. The number of unbranched alkanes of at least 4 members (excludes halogenated alkanes) is 8. The maximum atomic E-state index is 9.80. The van der Waals surface area contributed by atoms with Crippen molar-refractivity contribution in [3.63, 3.8) is 0 Å². The number of ether oxygens (including phenoxy) is 1. The van der Waals surface area contributed by atoms with E-state index in [-0.39, 0.29) is 12.2 Å². The first-order valence-electron chi connectivity index (χ1n) is 14.8. The number of aliphatic hydroxyl groups is 2. The van der Waals surface area contributed by atoms with Gasteiger partial charge in [0.05, 0.1) is 24.4 Å². The number of hydrogen-bond acceptors (Lipinski definition) is 3. The topological polar surface area (TPSA) is 49.7 Å². The van der Waals surface area contributed by atoms with Crippen LogP contribution >= 0.6 is 0 Å². The number of rotatable bonds is 24. The summed E-state index contributed by atoms with van der Waals surface area (Å²) < 4.78 is 6.41. The summed E-state index contributed by atoms with van der Waals surface area (Å²) >= 11 is 0. The van der Waals surface area contributed by atoms with Crippen molar-refractivity contribution in [2.75, 3.05) is 0 Å². The molecule has 2 N–H and O–H groups in total. The van der Waals surface area contributed by atoms with Gasteiger partial charge in [-0.25, -0.2) is 0 Å². The Labute approximate surface area is 208 Å². The van der Waals surface area contributed by atoms with Gasteiger partial charge < -0.3 is 14.9 Å². The maximum absolute atomic E-state index is 9.80. The van der Waals surface area contributed by atoms with Crippen molar-refractivity contribution in [1.82, 2.24) is 0 Å². The highest BCUT2D eigenvalue weighted by atomic mass is 16.5. The molecule has 0 aliphatic rings. The molecule has 0 bridgehead atoms. The third-order valence-corrected chi connectivity index (χ3v) is 7.67. The molecule has 0 aromatic carbocycles. The van der Waals surface area contributed by atoms with Crippen molar-refractivity contribution in [1.29, 1.82) is 0 Å². The zero-order chi connectivity index (χ0) is 24.9. The van der Waals surface area contributed by atoms with Crippen LogP contribution in [0.2, 0.25) is 0 Å². The van der Waals surface area contributed by atoms with E-state index in [0.717, 1.165) is 38.5 Å². The minimum Gasteiger partial charge on any atom is -0.393 e. The standard InChI is InChI=1S/C30H62O3/c1-7-19-29(31)23-17-13-9-11-15-21-25(3)27(5)33-28(6)26(4)22-16-12-10-14-18-24-30(32)20-8-2/h25-32H,7-24H2,1-6H3. The molecule has 0 radical (unpaired) electrons. The second-order valence-electron chi connectivity index (χ2n) is 11.1. The lowest BCUT2D eigenvalue weighted by atomic mass is 9.95. The third kappa shape index (κ3) is 19.8. The smallest absolute Gasteiger partial charge is 0.0576 e. The van der Waals surface area contributed by atoms with E-state index in [4.69, 9.17) is 4.74 Å². The lowest BCUT2D eigenvalue weighted by molar-refractivity contribution is -0.0473. The molecule has 0 saturated heterocycles. The monoisotopic (exact) mass is 470 g/mol. The molecule has 0 saturated carbocycles. The van der Waals surface area contributed by atoms with Crippen molar-refractivity contribution in [2.24, 2.45) is 11.8 Å². The fourth-order valence-corrected chi connectivity index (χ4v) is 4.78. The zero-order valence-corrected chi connectivity index (χ0v) is 23.5. The van der Waals surface area contributed by atoms with E-state index in [2.05, 4.69) is 41.5 Å². The van der Waals surface area contributed by atoms with Crippen molar-refractivity contribution < 1.29 is 14.9 Å². The SMILES string of the molecule is CCCC(O)CCCCCCCC(C)C(C)OC(C)C(C)CCCCCCCC(O)CCC. The summed E-state index contributed by atoms with van der Waals surface area (Å²) in [7, 11) is 0. The molecule has 0 amide bonds. The zero-order valence-electron chi connectivity index (χ0n) is 23.5. The Balaban J connectivity index is 3.72. The minimum atomic E-state index is -0.0762. The Bertz CT molecular complexity index is 364. The highest BCUT2D eigenvalue weighted by molar-refractivity contribution is 4.68. The lowest BCUT2D eigenvalue weighted by Crippen LogP contribution is -2.27. The van der Waals surface area contributed by atoms with Crippen LogP contribution in [0.4, 0.5) is 0 Å². The summed E-state index contributed by atoms with van der Waals surface area (Å²) in [4.78, 5) is 0. The molecule has 33 heavy (non-hydrogen) atoms. The van der Waals surface area contributed by atoms with Gasteiger partial charge in [-0.05, 0) is 64.2 Å². The van der Waals surface area contributed by atoms with Crippen molar-refractivity contribution in [3.05, 3.63) is 0 Å². The van der Waals surface area contributed by atoms with Crippen LogP contribution in [0.1, 0.15) is 157 Å². The van der Waals surface area contributed by atoms with Crippen molar-refractivity contribution >= 4 is 0 Å². The molecule has 0 aromatic heterocycles. The highest BCUT2D eigenvalue weighted by Crippen LogP contribution is 2.23. The van der Waals surface area contributed by atoms with Gasteiger partial charge in [0.25, 0.3) is 0 Å². The van der Waals surface area contributed by atoms with E-state index >= 15 is 0 Å². The summed E-state index contributed by atoms with van der Waals surface area (Å²) in [6, 6.07) is 0. The predicted molar refractivity (Wildman–Crippen MR) is 145 cm³/mol. The molecule has 0 spiro atoms. The summed E-state index contributed by atoms with van der Waals surface area (Å²) in [6.45, 7) is 13.5. The number of hydrogen-bond donors (Lipinski definition) is 2. The van der Waals surface area contributed by atoms with Gasteiger partial charge in [-0.15, -0.1) is 0 Å². The van der Waals surface area contributed by atoms with Gasteiger partial charge in [0.2, 0.25) is 0 Å². The van der Waals surface area contributed by atoms with Gasteiger partial charge in [0, 0.05) is 0 Å². The van der Waals surface area contributed by atoms with Crippen LogP contribution in [0.15, 0.2) is 0 Å². The van der Waals surface area contributed by atoms with Crippen LogP contribution in [0.5, 0.6) is 0 Å². The largest absolute Gasteiger partial charge is 0.393 e. The molecule has 0 rings (SSSR count). The second-order valence-corrected chi connectivity index (χ2v) is 11.1. The molecule has 200 valence electrons. The van der Waals surface area contributed by atoms with Crippen LogP contribution < -0.4 is 0 Å². The van der Waals surface area contributed by atoms with E-state index < -0.39 is 0 Å². The van der Waals surface area contributed by atoms with E-state index in [9.17, 15) is 10.2 Å². The van der Waals surface area contributed by atoms with E-state index in [1.54, 1.807) is 0 Å². The summed E-state index contributed by atoms with van der Waals surface area (Å²) in [5, 5.41) is 19.6. The molecule has 0 heterocycles. The Morgan fingerprint density at radius 1 is 0.455 bits per heavy atom. The molecule has 3 nitrogen and oxygen atoms in total. The molecule has 3 heteroatoms. The van der Waals surface area contributed by atoms with E-state index in [1.807, 2.05) is 0 Å². The lowest BCUT2D eigenvalue weighted by Gasteiger charge is -2.28. The summed E-state index contributed by atoms with van der Waals surface area (Å²) in [5.74, 6) is 1.24. The van der Waals surface area contributed by atoms with E-state index in [0.29, 0.717) is 24.0 Å². The molecule has 0 aliphatic carbocycles. The van der Waals surface area contributed by atoms with Gasteiger partial charge >= 0.3 is 0 Å². The molecule has 6 unspecified atom stereocenters. The second kappa shape index (κ2) is 22.4. The Kier molecular flexibility index (Phi) is 22.3. The van der Waals surface area contributed by atoms with Crippen molar-refractivity contribution in [3.8, 4) is 0 Å². The quantitative estimate of drug-likeness (QED) is 0.138. The fourth-order valence-electron chi connectivity index (χ4n) is 4.78. The first-order valence-corrected chi connectivity index (χ1v) is 14.8. The van der Waals surface area contributed by atoms with Crippen LogP contribution in [0, 0.1) is 11.8 Å². The van der Waals surface area contributed by atoms with Crippen LogP contribution in [0.3, 0.4) is 0 Å². The third-order valence-electron chi connectivity index (χ3n) is 7.67. The molecular formula is C30H62O3. The summed E-state index contributed by atoms with van der Waals surface area (Å²) in [6.07, 6.45) is 21.8.